The Balaban J connectivity index is 1.57. The summed E-state index contributed by atoms with van der Waals surface area (Å²) < 4.78 is 44.5. The molecule has 0 saturated carbocycles. The van der Waals surface area contributed by atoms with Crippen LogP contribution in [0.4, 0.5) is 13.2 Å². The molecule has 0 unspecified atom stereocenters. The zero-order chi connectivity index (χ0) is 18.0. The number of ether oxygens (including phenoxy) is 1. The fraction of sp³-hybridized carbons (Fsp3) is 0.467. The summed E-state index contributed by atoms with van der Waals surface area (Å²) in [5.41, 5.74) is -0.722. The Morgan fingerprint density at radius 2 is 2.20 bits per heavy atom. The quantitative estimate of drug-likeness (QED) is 0.903. The number of carbonyl (C=O) groups excluding carboxylic acids is 1. The summed E-state index contributed by atoms with van der Waals surface area (Å²) in [4.78, 5) is 15.7. The average molecular weight is 355 g/mol. The van der Waals surface area contributed by atoms with Gasteiger partial charge in [-0.05, 0) is 18.4 Å². The van der Waals surface area contributed by atoms with E-state index in [0.29, 0.717) is 37.6 Å². The molecule has 1 aliphatic rings. The number of hydrogen-bond acceptors (Lipinski definition) is 5. The molecule has 7 nitrogen and oxygen atoms in total. The molecule has 0 saturated heterocycles. The number of aromatic nitrogens is 4. The molecule has 0 spiro atoms. The molecule has 1 N–H and O–H groups in total. The van der Waals surface area contributed by atoms with E-state index >= 15 is 0 Å². The molecule has 3 heterocycles. The number of fused-ring (bicyclic) bond motifs is 1. The Morgan fingerprint density at radius 3 is 2.84 bits per heavy atom. The molecule has 0 aliphatic carbocycles. The van der Waals surface area contributed by atoms with Crippen LogP contribution in [-0.2, 0) is 19.1 Å². The van der Waals surface area contributed by atoms with Crippen molar-refractivity contribution in [3.05, 3.63) is 35.5 Å². The van der Waals surface area contributed by atoms with Crippen molar-refractivity contribution >= 4 is 5.91 Å². The van der Waals surface area contributed by atoms with Crippen LogP contribution >= 0.6 is 0 Å². The van der Waals surface area contributed by atoms with Crippen LogP contribution in [0.3, 0.4) is 0 Å². The molecule has 10 heteroatoms. The number of carbonyl (C=O) groups is 1. The standard InChI is InChI=1S/C15H16F3N5O2/c1-25-13-5-3-10(21-22-13)14(24)19-6-9-2-4-12-20-11(15(16,17)18)8-23(12)7-9/h3,5,8-9H,2,4,6-7H2,1H3,(H,19,24)/t9-/m0/s1. The summed E-state index contributed by atoms with van der Waals surface area (Å²) in [7, 11) is 1.45. The van der Waals surface area contributed by atoms with E-state index < -0.39 is 11.9 Å². The monoisotopic (exact) mass is 355 g/mol. The summed E-state index contributed by atoms with van der Waals surface area (Å²) in [5, 5.41) is 10.2. The van der Waals surface area contributed by atoms with Crippen LogP contribution in [0.15, 0.2) is 18.3 Å². The van der Waals surface area contributed by atoms with Gasteiger partial charge in [0.25, 0.3) is 5.91 Å². The maximum atomic E-state index is 12.7. The lowest BCUT2D eigenvalue weighted by Crippen LogP contribution is -2.34. The van der Waals surface area contributed by atoms with Crippen molar-refractivity contribution in [2.45, 2.75) is 25.6 Å². The van der Waals surface area contributed by atoms with Gasteiger partial charge in [0.05, 0.1) is 7.11 Å². The molecule has 1 atom stereocenters. The van der Waals surface area contributed by atoms with E-state index in [1.54, 1.807) is 0 Å². The van der Waals surface area contributed by atoms with E-state index in [4.69, 9.17) is 4.74 Å². The third-order valence-electron chi connectivity index (χ3n) is 4.01. The van der Waals surface area contributed by atoms with Crippen molar-refractivity contribution in [2.24, 2.45) is 5.92 Å². The van der Waals surface area contributed by atoms with Crippen LogP contribution in [-0.4, -0.2) is 39.3 Å². The van der Waals surface area contributed by atoms with Crippen LogP contribution in [0.5, 0.6) is 5.88 Å². The Labute approximate surface area is 141 Å². The fourth-order valence-corrected chi connectivity index (χ4v) is 2.70. The number of hydrogen-bond donors (Lipinski definition) is 1. The van der Waals surface area contributed by atoms with Crippen molar-refractivity contribution < 1.29 is 22.7 Å². The number of imidazole rings is 1. The van der Waals surface area contributed by atoms with Gasteiger partial charge >= 0.3 is 6.18 Å². The molecule has 0 fully saturated rings. The zero-order valence-corrected chi connectivity index (χ0v) is 13.4. The van der Waals surface area contributed by atoms with E-state index in [-0.39, 0.29) is 17.5 Å². The predicted molar refractivity (Wildman–Crippen MR) is 80.0 cm³/mol. The van der Waals surface area contributed by atoms with Crippen molar-refractivity contribution in [1.29, 1.82) is 0 Å². The molecule has 3 rings (SSSR count). The maximum absolute atomic E-state index is 12.7. The van der Waals surface area contributed by atoms with Crippen LogP contribution < -0.4 is 10.1 Å². The fourth-order valence-electron chi connectivity index (χ4n) is 2.70. The van der Waals surface area contributed by atoms with Gasteiger partial charge in [-0.2, -0.15) is 13.2 Å². The molecule has 25 heavy (non-hydrogen) atoms. The second-order valence-corrected chi connectivity index (χ2v) is 5.77. The second kappa shape index (κ2) is 6.69. The molecule has 1 aliphatic heterocycles. The van der Waals surface area contributed by atoms with Crippen molar-refractivity contribution in [3.63, 3.8) is 0 Å². The smallest absolute Gasteiger partial charge is 0.434 e. The van der Waals surface area contributed by atoms with Gasteiger partial charge in [-0.25, -0.2) is 4.98 Å². The van der Waals surface area contributed by atoms with Gasteiger partial charge in [0.1, 0.15) is 5.82 Å². The normalized spacial score (nSPS) is 17.0. The molecule has 0 radical (unpaired) electrons. The summed E-state index contributed by atoms with van der Waals surface area (Å²) in [6.07, 6.45) is -2.32. The highest BCUT2D eigenvalue weighted by molar-refractivity contribution is 5.92. The number of amides is 1. The second-order valence-electron chi connectivity index (χ2n) is 5.77. The van der Waals surface area contributed by atoms with Gasteiger partial charge < -0.3 is 14.6 Å². The Hall–Kier alpha value is -2.65. The van der Waals surface area contributed by atoms with Crippen LogP contribution in [0.25, 0.3) is 0 Å². The Kier molecular flexibility index (Phi) is 4.60. The summed E-state index contributed by atoms with van der Waals surface area (Å²) in [6.45, 7) is 0.721. The van der Waals surface area contributed by atoms with Gasteiger partial charge in [-0.1, -0.05) is 0 Å². The van der Waals surface area contributed by atoms with Crippen LogP contribution in [0.2, 0.25) is 0 Å². The molecular formula is C15H16F3N5O2. The third-order valence-corrected chi connectivity index (χ3v) is 4.01. The first-order valence-electron chi connectivity index (χ1n) is 7.66. The Morgan fingerprint density at radius 1 is 1.40 bits per heavy atom. The largest absolute Gasteiger partial charge is 0.480 e. The minimum Gasteiger partial charge on any atom is -0.480 e. The first-order chi connectivity index (χ1) is 11.9. The van der Waals surface area contributed by atoms with Gasteiger partial charge in [0, 0.05) is 31.8 Å². The van der Waals surface area contributed by atoms with Gasteiger partial charge in [-0.3, -0.25) is 4.79 Å². The molecular weight excluding hydrogens is 339 g/mol. The lowest BCUT2D eigenvalue weighted by atomic mass is 9.99. The van der Waals surface area contributed by atoms with Gasteiger partial charge in [0.2, 0.25) is 5.88 Å². The number of aryl methyl sites for hydroxylation is 1. The predicted octanol–water partition coefficient (Wildman–Crippen LogP) is 1.69. The van der Waals surface area contributed by atoms with Crippen molar-refractivity contribution in [2.75, 3.05) is 13.7 Å². The summed E-state index contributed by atoms with van der Waals surface area (Å²) in [6, 6.07) is 3.02. The van der Waals surface area contributed by atoms with Crippen molar-refractivity contribution in [1.82, 2.24) is 25.1 Å². The van der Waals surface area contributed by atoms with E-state index in [1.807, 2.05) is 0 Å². The van der Waals surface area contributed by atoms with Crippen molar-refractivity contribution in [3.8, 4) is 5.88 Å². The van der Waals surface area contributed by atoms with E-state index in [2.05, 4.69) is 20.5 Å². The summed E-state index contributed by atoms with van der Waals surface area (Å²) >= 11 is 0. The molecule has 2 aromatic heterocycles. The van der Waals surface area contributed by atoms with Crippen LogP contribution in [0, 0.1) is 5.92 Å². The van der Waals surface area contributed by atoms with Gasteiger partial charge in [0.15, 0.2) is 11.4 Å². The zero-order valence-electron chi connectivity index (χ0n) is 13.4. The topological polar surface area (TPSA) is 81.9 Å². The first-order valence-corrected chi connectivity index (χ1v) is 7.66. The maximum Gasteiger partial charge on any atom is 0.434 e. The minimum atomic E-state index is -4.44. The molecule has 0 aromatic carbocycles. The van der Waals surface area contributed by atoms with E-state index in [1.165, 1.54) is 23.8 Å². The number of nitrogens with one attached hydrogen (secondary N) is 1. The van der Waals surface area contributed by atoms with E-state index in [9.17, 15) is 18.0 Å². The lowest BCUT2D eigenvalue weighted by Gasteiger charge is -2.23. The third kappa shape index (κ3) is 3.89. The molecule has 1 amide bonds. The van der Waals surface area contributed by atoms with Gasteiger partial charge in [-0.15, -0.1) is 10.2 Å². The number of rotatable bonds is 4. The number of methoxy groups -OCH3 is 1. The summed E-state index contributed by atoms with van der Waals surface area (Å²) in [5.74, 6) is 0.369. The number of halogens is 3. The highest BCUT2D eigenvalue weighted by atomic mass is 19.4. The molecule has 134 valence electrons. The van der Waals surface area contributed by atoms with E-state index in [0.717, 1.165) is 6.20 Å². The highest BCUT2D eigenvalue weighted by Gasteiger charge is 2.35. The average Bonchev–Trinajstić information content (AvgIpc) is 3.03. The lowest BCUT2D eigenvalue weighted by molar-refractivity contribution is -0.141. The SMILES string of the molecule is COc1ccc(C(=O)NC[C@@H]2CCc3nc(C(F)(F)F)cn3C2)nn1. The number of nitrogens with zero attached hydrogens (tertiary/aromatic N) is 4. The first kappa shape index (κ1) is 17.2. The minimum absolute atomic E-state index is 0.0259. The number of alkyl halides is 3. The highest BCUT2D eigenvalue weighted by Crippen LogP contribution is 2.30. The Bertz CT molecular complexity index is 758. The molecule has 0 bridgehead atoms. The van der Waals surface area contributed by atoms with Crippen LogP contribution in [0.1, 0.15) is 28.4 Å². The molecule has 2 aromatic rings.